The third kappa shape index (κ3) is 6.53. The molecule has 0 radical (unpaired) electrons. The average Bonchev–Trinajstić information content (AvgIpc) is 4.51. The molecule has 8 aromatic heterocycles. The molecule has 0 N–H and O–H groups in total. The first-order valence-corrected chi connectivity index (χ1v) is 31.9. The average molecular weight is 1170 g/mol. The summed E-state index contributed by atoms with van der Waals surface area (Å²) in [6.07, 6.45) is 3.78. The zero-order chi connectivity index (χ0) is 54.7. The summed E-state index contributed by atoms with van der Waals surface area (Å²) in [6.45, 7) is 8.71. The van der Waals surface area contributed by atoms with Crippen LogP contribution in [0.2, 0.25) is 0 Å². The van der Waals surface area contributed by atoms with Gasteiger partial charge < -0.3 is 0 Å². The maximum absolute atomic E-state index is 14.2. The van der Waals surface area contributed by atoms with Crippen LogP contribution in [0.1, 0.15) is 103 Å². The highest BCUT2D eigenvalue weighted by atomic mass is 32.1. The van der Waals surface area contributed by atoms with Gasteiger partial charge in [-0.2, -0.15) is 21.0 Å². The summed E-state index contributed by atoms with van der Waals surface area (Å²) in [7, 11) is 0. The van der Waals surface area contributed by atoms with Crippen molar-refractivity contribution >= 4 is 144 Å². The lowest BCUT2D eigenvalue weighted by molar-refractivity contribution is 0.103. The Kier molecular flexibility index (Phi) is 10.9. The van der Waals surface area contributed by atoms with Gasteiger partial charge >= 0.3 is 0 Å². The van der Waals surface area contributed by atoms with E-state index in [2.05, 4.69) is 125 Å². The Bertz CT molecular complexity index is 4580. The number of nitriles is 4. The summed E-state index contributed by atoms with van der Waals surface area (Å²) < 4.78 is 4.50. The first-order chi connectivity index (χ1) is 38.9. The number of fused-ring (bicyclic) bond motifs is 12. The zero-order valence-electron chi connectivity index (χ0n) is 42.6. The molecule has 0 fully saturated rings. The molecule has 0 aliphatic heterocycles. The molecule has 6 nitrogen and oxygen atoms in total. The molecule has 0 atom stereocenters. The predicted octanol–water partition coefficient (Wildman–Crippen LogP) is 18.6. The fourth-order valence-electron chi connectivity index (χ4n) is 12.7. The number of aryl methyl sites for hydroxylation is 4. The third-order valence-electron chi connectivity index (χ3n) is 15.8. The maximum atomic E-state index is 14.2. The van der Waals surface area contributed by atoms with Crippen molar-refractivity contribution in [3.63, 3.8) is 0 Å². The molecule has 0 amide bonds. The van der Waals surface area contributed by atoms with Crippen molar-refractivity contribution in [1.82, 2.24) is 0 Å². The number of Topliss-reactive ketones (excluding diaryl/α,β-unsaturated/α-hetero) is 2. The number of hydrogen-bond acceptors (Lipinski definition) is 14. The van der Waals surface area contributed by atoms with Crippen molar-refractivity contribution in [3.05, 3.63) is 237 Å². The highest BCUT2D eigenvalue weighted by Crippen LogP contribution is 2.69. The van der Waals surface area contributed by atoms with Crippen LogP contribution < -0.4 is 0 Å². The van der Waals surface area contributed by atoms with Crippen LogP contribution in [0.25, 0.3) is 63.0 Å². The number of carbonyl (C=O) groups is 2. The van der Waals surface area contributed by atoms with Crippen LogP contribution in [0, 0.1) is 73.0 Å². The van der Waals surface area contributed by atoms with E-state index in [1.54, 1.807) is 57.5 Å². The molecule has 4 aliphatic carbocycles. The second kappa shape index (κ2) is 17.8. The molecule has 378 valence electrons. The van der Waals surface area contributed by atoms with E-state index in [4.69, 9.17) is 0 Å². The molecule has 11 aromatic rings. The van der Waals surface area contributed by atoms with Gasteiger partial charge in [0, 0.05) is 112 Å². The van der Waals surface area contributed by atoms with Crippen molar-refractivity contribution in [2.24, 2.45) is 0 Å². The Morgan fingerprint density at radius 2 is 0.750 bits per heavy atom. The Morgan fingerprint density at radius 3 is 1.06 bits per heavy atom. The summed E-state index contributed by atoms with van der Waals surface area (Å²) >= 11 is 14.2. The molecule has 0 spiro atoms. The third-order valence-corrected chi connectivity index (χ3v) is 25.1. The number of hydrogen-bond donors (Lipinski definition) is 0. The van der Waals surface area contributed by atoms with E-state index in [-0.39, 0.29) is 22.7 Å². The minimum atomic E-state index is -0.703. The number of thiophene rings is 8. The molecular weight excluding hydrogens is 1140 g/mol. The van der Waals surface area contributed by atoms with E-state index < -0.39 is 10.8 Å². The van der Waals surface area contributed by atoms with E-state index in [9.17, 15) is 30.6 Å². The Labute approximate surface area is 491 Å². The van der Waals surface area contributed by atoms with Gasteiger partial charge in [0.15, 0.2) is 11.6 Å². The molecule has 80 heavy (non-hydrogen) atoms. The van der Waals surface area contributed by atoms with Crippen molar-refractivity contribution in [1.29, 1.82) is 21.0 Å². The van der Waals surface area contributed by atoms with Gasteiger partial charge in [0.2, 0.25) is 0 Å². The molecule has 4 aliphatic rings. The second-order valence-electron chi connectivity index (χ2n) is 20.2. The summed E-state index contributed by atoms with van der Waals surface area (Å²) in [5.41, 5.74) is 9.42. The smallest absolute Gasteiger partial charge is 0.194 e. The molecule has 8 heterocycles. The van der Waals surface area contributed by atoms with Gasteiger partial charge in [-0.3, -0.25) is 9.59 Å². The minimum Gasteiger partial charge on any atom is -0.289 e. The van der Waals surface area contributed by atoms with Crippen molar-refractivity contribution in [2.45, 2.75) is 38.5 Å². The van der Waals surface area contributed by atoms with Gasteiger partial charge in [-0.05, 0) is 146 Å². The quantitative estimate of drug-likeness (QED) is 0.120. The van der Waals surface area contributed by atoms with Crippen LogP contribution in [0.5, 0.6) is 0 Å². The summed E-state index contributed by atoms with van der Waals surface area (Å²) in [4.78, 5) is 42.4. The van der Waals surface area contributed by atoms with Crippen molar-refractivity contribution in [2.75, 3.05) is 0 Å². The Balaban J connectivity index is 1.00. The lowest BCUT2D eigenvalue weighted by Gasteiger charge is -2.32. The van der Waals surface area contributed by atoms with Gasteiger partial charge in [0.05, 0.1) is 20.2 Å². The van der Waals surface area contributed by atoms with Gasteiger partial charge in [-0.15, -0.1) is 90.7 Å². The van der Waals surface area contributed by atoms with Crippen molar-refractivity contribution in [3.8, 4) is 45.2 Å². The Morgan fingerprint density at radius 1 is 0.412 bits per heavy atom. The van der Waals surface area contributed by atoms with Crippen LogP contribution in [0.4, 0.5) is 0 Å². The predicted molar refractivity (Wildman–Crippen MR) is 332 cm³/mol. The van der Waals surface area contributed by atoms with E-state index in [0.29, 0.717) is 44.5 Å². The van der Waals surface area contributed by atoms with Crippen LogP contribution in [0.15, 0.2) is 144 Å². The number of rotatable bonds is 6. The van der Waals surface area contributed by atoms with Crippen LogP contribution in [-0.4, -0.2) is 11.6 Å². The molecule has 0 saturated heterocycles. The monoisotopic (exact) mass is 1170 g/mol. The lowest BCUT2D eigenvalue weighted by atomic mass is 9.73. The molecule has 0 unspecified atom stereocenters. The molecule has 0 saturated carbocycles. The molecular formula is C66H34N4O2S8. The summed E-state index contributed by atoms with van der Waals surface area (Å²) in [5.74, 6) is -0.394. The normalized spacial score (nSPS) is 15.9. The SMILES string of the molecule is Cc1ccc(C2(c3ccc(C)s3)c3cc4c(cc3-c3sc5cc(/C=C6\C(=O)c7ccccc7C6=C(C#N)C#N)sc5c32)C(c2ccc(C)s2)(c2ccc(C)s2)c2c-4sc3cc(/C=C4\C(=O)c5ccccc5C4=C(C#N)C#N)sc23)s1. The van der Waals surface area contributed by atoms with Gasteiger partial charge in [-0.1, -0.05) is 48.5 Å². The second-order valence-corrected chi connectivity index (χ2v) is 29.6. The largest absolute Gasteiger partial charge is 0.289 e. The fourth-order valence-corrected chi connectivity index (χ4v) is 22.6. The standard InChI is InChI=1S/C66H34N4O2S8/c1-31-13-17-51(73-31)65(52-18-14-32(2)74-52)47-25-44-48(26-43(47)61-57(65)63-49(79-61)23-37(77-63)21-45-55(35(27-67)28-68)39-9-5-7-11-41(39)59(45)71)66(53-19-15-33(3)75-53,54-20-16-34(4)76-54)58-62(44)80-50-24-38(78-64(50)58)22-46-56(36(29-69)30-70)40-10-6-8-12-42(40)60(46)72/h5-26H,1-4H3/b45-21-,46-22-. The first kappa shape index (κ1) is 49.1. The highest BCUT2D eigenvalue weighted by molar-refractivity contribution is 7.31. The van der Waals surface area contributed by atoms with E-state index >= 15 is 0 Å². The number of nitrogens with zero attached hydrogens (tertiary/aromatic N) is 4. The number of carbonyl (C=O) groups excluding carboxylic acids is 2. The molecule has 15 rings (SSSR count). The van der Waals surface area contributed by atoms with E-state index in [0.717, 1.165) is 28.6 Å². The van der Waals surface area contributed by atoms with Crippen LogP contribution in [-0.2, 0) is 10.8 Å². The maximum Gasteiger partial charge on any atom is 0.194 e. The summed E-state index contributed by atoms with van der Waals surface area (Å²) in [6, 6.07) is 50.4. The Hall–Kier alpha value is -7.96. The van der Waals surface area contributed by atoms with Gasteiger partial charge in [-0.25, -0.2) is 0 Å². The fraction of sp³-hybridized carbons (Fsp3) is 0.0909. The first-order valence-electron chi connectivity index (χ1n) is 25.3. The number of benzene rings is 3. The van der Waals surface area contributed by atoms with E-state index in [1.807, 2.05) is 93.9 Å². The molecule has 14 heteroatoms. The summed E-state index contributed by atoms with van der Waals surface area (Å²) in [5, 5.41) is 40.7. The number of allylic oxidation sites excluding steroid dienone is 6. The number of ketones is 2. The molecule has 3 aromatic carbocycles. The minimum absolute atomic E-state index is 0.0829. The lowest BCUT2D eigenvalue weighted by Crippen LogP contribution is -2.27. The van der Waals surface area contributed by atoms with Crippen LogP contribution in [0.3, 0.4) is 0 Å². The van der Waals surface area contributed by atoms with Crippen LogP contribution >= 0.6 is 90.7 Å². The topological polar surface area (TPSA) is 129 Å². The zero-order valence-corrected chi connectivity index (χ0v) is 49.1. The van der Waals surface area contributed by atoms with E-state index in [1.165, 1.54) is 82.2 Å². The van der Waals surface area contributed by atoms with Crippen molar-refractivity contribution < 1.29 is 9.59 Å². The highest BCUT2D eigenvalue weighted by Gasteiger charge is 2.56. The van der Waals surface area contributed by atoms with Gasteiger partial charge in [0.25, 0.3) is 0 Å². The molecule has 0 bridgehead atoms. The van der Waals surface area contributed by atoms with Gasteiger partial charge in [0.1, 0.15) is 35.4 Å².